The normalized spacial score (nSPS) is 10.3. The van der Waals surface area contributed by atoms with Crippen LogP contribution >= 0.6 is 0 Å². The van der Waals surface area contributed by atoms with Gasteiger partial charge in [0.2, 0.25) is 5.78 Å². The predicted molar refractivity (Wildman–Crippen MR) is 79.6 cm³/mol. The minimum absolute atomic E-state index is 0.188. The fourth-order valence-corrected chi connectivity index (χ4v) is 2.27. The number of rotatable bonds is 4. The van der Waals surface area contributed by atoms with Gasteiger partial charge in [0.05, 0.1) is 18.2 Å². The van der Waals surface area contributed by atoms with Crippen LogP contribution in [0.25, 0.3) is 0 Å². The number of carbonyl (C=O) groups excluding carboxylic acids is 1. The summed E-state index contributed by atoms with van der Waals surface area (Å²) >= 11 is 0. The van der Waals surface area contributed by atoms with Gasteiger partial charge in [-0.2, -0.15) is 0 Å². The lowest BCUT2D eigenvalue weighted by Crippen LogP contribution is -2.12. The number of carbonyl (C=O) groups is 2. The van der Waals surface area contributed by atoms with E-state index in [4.69, 9.17) is 4.74 Å². The third-order valence-electron chi connectivity index (χ3n) is 3.23. The minimum Gasteiger partial charge on any atom is -0.508 e. The van der Waals surface area contributed by atoms with Crippen molar-refractivity contribution in [2.75, 3.05) is 7.11 Å². The first-order valence-electron chi connectivity index (χ1n) is 6.47. The van der Waals surface area contributed by atoms with Gasteiger partial charge in [0, 0.05) is 6.07 Å². The van der Waals surface area contributed by atoms with E-state index in [0.717, 1.165) is 12.1 Å². The minimum atomic E-state index is -1.46. The van der Waals surface area contributed by atoms with Crippen molar-refractivity contribution in [1.82, 2.24) is 0 Å². The molecule has 0 aromatic heterocycles. The van der Waals surface area contributed by atoms with Crippen LogP contribution in [0.1, 0.15) is 31.8 Å². The lowest BCUT2D eigenvalue weighted by molar-refractivity contribution is 0.0691. The van der Waals surface area contributed by atoms with Crippen LogP contribution in [-0.4, -0.2) is 39.3 Å². The molecule has 0 aliphatic rings. The Labute approximate surface area is 131 Å². The van der Waals surface area contributed by atoms with Crippen molar-refractivity contribution in [3.8, 4) is 23.0 Å². The largest absolute Gasteiger partial charge is 0.508 e. The maximum Gasteiger partial charge on any atom is 0.336 e. The topological polar surface area (TPSA) is 124 Å². The van der Waals surface area contributed by atoms with Crippen LogP contribution in [0.15, 0.2) is 24.3 Å². The van der Waals surface area contributed by atoms with E-state index in [1.165, 1.54) is 19.2 Å². The Morgan fingerprint density at radius 3 is 2.00 bits per heavy atom. The number of carboxylic acids is 1. The number of methoxy groups -OCH3 is 1. The lowest BCUT2D eigenvalue weighted by atomic mass is 9.95. The number of ketones is 1. The summed E-state index contributed by atoms with van der Waals surface area (Å²) < 4.78 is 4.96. The summed E-state index contributed by atoms with van der Waals surface area (Å²) in [6.45, 7) is 1.61. The average Bonchev–Trinajstić information content (AvgIpc) is 2.44. The number of hydrogen-bond donors (Lipinski definition) is 4. The summed E-state index contributed by atoms with van der Waals surface area (Å²) in [5.74, 6) is -3.96. The summed E-state index contributed by atoms with van der Waals surface area (Å²) in [5, 5.41) is 38.7. The molecule has 0 unspecified atom stereocenters. The van der Waals surface area contributed by atoms with E-state index in [1.807, 2.05) is 0 Å². The highest BCUT2D eigenvalue weighted by Gasteiger charge is 2.28. The molecule has 2 aromatic rings. The number of aromatic carboxylic acids is 1. The monoisotopic (exact) mass is 318 g/mol. The molecular weight excluding hydrogens is 304 g/mol. The van der Waals surface area contributed by atoms with E-state index in [1.54, 1.807) is 6.92 Å². The van der Waals surface area contributed by atoms with Crippen molar-refractivity contribution in [1.29, 1.82) is 0 Å². The van der Waals surface area contributed by atoms with Gasteiger partial charge in [0.25, 0.3) is 0 Å². The highest BCUT2D eigenvalue weighted by atomic mass is 16.5. The second kappa shape index (κ2) is 5.88. The highest BCUT2D eigenvalue weighted by Crippen LogP contribution is 2.36. The van der Waals surface area contributed by atoms with Crippen molar-refractivity contribution in [3.05, 3.63) is 46.5 Å². The molecule has 0 radical (unpaired) electrons. The first-order valence-corrected chi connectivity index (χ1v) is 6.47. The van der Waals surface area contributed by atoms with Crippen LogP contribution in [0.2, 0.25) is 0 Å². The van der Waals surface area contributed by atoms with Gasteiger partial charge in [-0.25, -0.2) is 4.79 Å². The number of phenols is 3. The standard InChI is InChI=1S/C16H14O7/c1-7-3-10(18)14(11(19)4-7)15(20)13-9(16(21)22)5-8(17)6-12(13)23-2/h3-6,17-19H,1-2H3,(H,21,22). The molecule has 7 heteroatoms. The summed E-state index contributed by atoms with van der Waals surface area (Å²) in [6, 6.07) is 4.49. The first kappa shape index (κ1) is 16.2. The molecule has 0 spiro atoms. The van der Waals surface area contributed by atoms with Gasteiger partial charge >= 0.3 is 5.97 Å². The summed E-state index contributed by atoms with van der Waals surface area (Å²) in [5.41, 5.74) is -0.812. The van der Waals surface area contributed by atoms with Gasteiger partial charge in [0.1, 0.15) is 28.6 Å². The van der Waals surface area contributed by atoms with Crippen molar-refractivity contribution >= 4 is 11.8 Å². The smallest absolute Gasteiger partial charge is 0.336 e. The number of phenolic OH excluding ortho intramolecular Hbond substituents is 3. The molecule has 2 aromatic carbocycles. The quantitative estimate of drug-likeness (QED) is 0.636. The van der Waals surface area contributed by atoms with Crippen LogP contribution in [0.4, 0.5) is 0 Å². The maximum absolute atomic E-state index is 12.7. The van der Waals surface area contributed by atoms with Crippen LogP contribution in [0, 0.1) is 6.92 Å². The lowest BCUT2D eigenvalue weighted by Gasteiger charge is -2.13. The molecule has 2 rings (SSSR count). The Balaban J connectivity index is 2.76. The highest BCUT2D eigenvalue weighted by molar-refractivity contribution is 6.18. The third-order valence-corrected chi connectivity index (χ3v) is 3.23. The number of benzene rings is 2. The van der Waals surface area contributed by atoms with E-state index < -0.39 is 40.1 Å². The molecule has 0 aliphatic carbocycles. The van der Waals surface area contributed by atoms with E-state index in [0.29, 0.717) is 5.56 Å². The summed E-state index contributed by atoms with van der Waals surface area (Å²) in [6.07, 6.45) is 0. The Hall–Kier alpha value is -3.22. The second-order valence-electron chi connectivity index (χ2n) is 4.88. The van der Waals surface area contributed by atoms with Crippen molar-refractivity contribution in [2.45, 2.75) is 6.92 Å². The molecular formula is C16H14O7. The van der Waals surface area contributed by atoms with Gasteiger partial charge in [0.15, 0.2) is 0 Å². The van der Waals surface area contributed by atoms with Crippen LogP contribution < -0.4 is 4.74 Å². The van der Waals surface area contributed by atoms with Crippen LogP contribution in [-0.2, 0) is 0 Å². The second-order valence-corrected chi connectivity index (χ2v) is 4.88. The zero-order valence-electron chi connectivity index (χ0n) is 12.3. The van der Waals surface area contributed by atoms with Gasteiger partial charge in [-0.05, 0) is 30.7 Å². The molecule has 0 aliphatic heterocycles. The number of ether oxygens (including phenoxy) is 1. The predicted octanol–water partition coefficient (Wildman–Crippen LogP) is 2.05. The van der Waals surface area contributed by atoms with Crippen molar-refractivity contribution in [3.63, 3.8) is 0 Å². The Bertz CT molecular complexity index is 785. The molecule has 23 heavy (non-hydrogen) atoms. The zero-order valence-corrected chi connectivity index (χ0v) is 12.3. The SMILES string of the molecule is COc1cc(O)cc(C(=O)O)c1C(=O)c1c(O)cc(C)cc1O. The van der Waals surface area contributed by atoms with E-state index in [9.17, 15) is 30.0 Å². The fraction of sp³-hybridized carbons (Fsp3) is 0.125. The molecule has 7 nitrogen and oxygen atoms in total. The van der Waals surface area contributed by atoms with Gasteiger partial charge in [-0.15, -0.1) is 0 Å². The van der Waals surface area contributed by atoms with Crippen LogP contribution in [0.3, 0.4) is 0 Å². The summed E-state index contributed by atoms with van der Waals surface area (Å²) in [7, 11) is 1.20. The number of carboxylic acid groups (broad SMARTS) is 1. The number of aryl methyl sites for hydroxylation is 1. The number of hydrogen-bond acceptors (Lipinski definition) is 6. The van der Waals surface area contributed by atoms with E-state index in [-0.39, 0.29) is 11.3 Å². The number of aromatic hydroxyl groups is 3. The van der Waals surface area contributed by atoms with Gasteiger partial charge in [-0.3, -0.25) is 4.79 Å². The molecule has 0 amide bonds. The molecule has 0 fully saturated rings. The third kappa shape index (κ3) is 2.89. The Morgan fingerprint density at radius 1 is 0.957 bits per heavy atom. The van der Waals surface area contributed by atoms with E-state index >= 15 is 0 Å². The maximum atomic E-state index is 12.7. The van der Waals surface area contributed by atoms with Crippen molar-refractivity contribution in [2.24, 2.45) is 0 Å². The molecule has 4 N–H and O–H groups in total. The average molecular weight is 318 g/mol. The van der Waals surface area contributed by atoms with Gasteiger partial charge in [-0.1, -0.05) is 0 Å². The van der Waals surface area contributed by atoms with Crippen molar-refractivity contribution < 1.29 is 34.8 Å². The molecule has 0 saturated heterocycles. The summed E-state index contributed by atoms with van der Waals surface area (Å²) in [4.78, 5) is 24.0. The molecule has 0 saturated carbocycles. The van der Waals surface area contributed by atoms with E-state index in [2.05, 4.69) is 0 Å². The Kier molecular flexibility index (Phi) is 4.13. The fourth-order valence-electron chi connectivity index (χ4n) is 2.27. The molecule has 0 atom stereocenters. The van der Waals surface area contributed by atoms with Gasteiger partial charge < -0.3 is 25.2 Å². The molecule has 0 heterocycles. The molecule has 0 bridgehead atoms. The Morgan fingerprint density at radius 2 is 1.52 bits per heavy atom. The molecule has 120 valence electrons. The zero-order chi connectivity index (χ0) is 17.3. The van der Waals surface area contributed by atoms with Crippen LogP contribution in [0.5, 0.6) is 23.0 Å². The first-order chi connectivity index (χ1) is 10.8.